The van der Waals surface area contributed by atoms with Crippen LogP contribution in [0.1, 0.15) is 33.1 Å². The van der Waals surface area contributed by atoms with Crippen LogP contribution in [0.3, 0.4) is 0 Å². The number of hydrogen-bond donors (Lipinski definition) is 3. The first-order valence-corrected chi connectivity index (χ1v) is 10.5. The van der Waals surface area contributed by atoms with E-state index in [0.29, 0.717) is 30.1 Å². The molecule has 1 amide bonds. The van der Waals surface area contributed by atoms with Gasteiger partial charge in [0, 0.05) is 23.3 Å². The van der Waals surface area contributed by atoms with Gasteiger partial charge in [-0.25, -0.2) is 4.98 Å². The minimum absolute atomic E-state index is 0.137. The van der Waals surface area contributed by atoms with Crippen molar-refractivity contribution in [2.75, 3.05) is 13.1 Å². The molecule has 0 spiro atoms. The largest absolute Gasteiger partial charge is 0.386 e. The second-order valence-electron chi connectivity index (χ2n) is 7.93. The maximum absolute atomic E-state index is 13.3. The number of pyridine rings is 1. The lowest BCUT2D eigenvalue weighted by atomic mass is 9.95. The highest BCUT2D eigenvalue weighted by Gasteiger charge is 2.32. The van der Waals surface area contributed by atoms with Crippen molar-refractivity contribution in [2.24, 2.45) is 15.7 Å². The first kappa shape index (κ1) is 18.5. The molecule has 6 rings (SSSR count). The van der Waals surface area contributed by atoms with Crippen LogP contribution < -0.4 is 11.1 Å². The van der Waals surface area contributed by atoms with E-state index in [2.05, 4.69) is 49.5 Å². The Bertz CT molecular complexity index is 1450. The maximum atomic E-state index is 13.3. The van der Waals surface area contributed by atoms with Gasteiger partial charge < -0.3 is 16.0 Å². The van der Waals surface area contributed by atoms with E-state index in [-0.39, 0.29) is 11.9 Å². The fraction of sp³-hybridized carbons (Fsp3) is 0.120. The zero-order chi connectivity index (χ0) is 21.7. The third-order valence-electron chi connectivity index (χ3n) is 6.10. The number of aromatic amines is 1. The van der Waals surface area contributed by atoms with Crippen LogP contribution in [0.25, 0.3) is 22.2 Å². The Kier molecular flexibility index (Phi) is 4.14. The number of hydrogen-bond acceptors (Lipinski definition) is 5. The van der Waals surface area contributed by atoms with Gasteiger partial charge in [-0.15, -0.1) is 0 Å². The van der Waals surface area contributed by atoms with Gasteiger partial charge >= 0.3 is 0 Å². The molecule has 2 aromatic heterocycles. The van der Waals surface area contributed by atoms with Gasteiger partial charge in [0.15, 0.2) is 0 Å². The zero-order valence-corrected chi connectivity index (χ0v) is 17.2. The van der Waals surface area contributed by atoms with Gasteiger partial charge in [-0.1, -0.05) is 42.5 Å². The fourth-order valence-corrected chi connectivity index (χ4v) is 4.64. The Morgan fingerprint density at radius 1 is 0.969 bits per heavy atom. The van der Waals surface area contributed by atoms with Gasteiger partial charge in [0.05, 0.1) is 30.4 Å². The molecule has 4 aromatic rings. The van der Waals surface area contributed by atoms with Crippen molar-refractivity contribution in [3.63, 3.8) is 0 Å². The van der Waals surface area contributed by atoms with Gasteiger partial charge in [0.2, 0.25) is 0 Å². The molecule has 0 radical (unpaired) electrons. The summed E-state index contributed by atoms with van der Waals surface area (Å²) in [5.74, 6) is 0.419. The zero-order valence-electron chi connectivity index (χ0n) is 17.2. The summed E-state index contributed by atoms with van der Waals surface area (Å²) in [6, 6.07) is 17.7. The fourth-order valence-electron chi connectivity index (χ4n) is 4.64. The lowest BCUT2D eigenvalue weighted by Gasteiger charge is -2.17. The van der Waals surface area contributed by atoms with E-state index < -0.39 is 0 Å². The van der Waals surface area contributed by atoms with Gasteiger partial charge in [-0.2, -0.15) is 0 Å². The summed E-state index contributed by atoms with van der Waals surface area (Å²) < 4.78 is 0. The normalized spacial score (nSPS) is 16.8. The minimum atomic E-state index is -0.256. The number of carbonyl (C=O) groups excluding carboxylic acids is 1. The molecule has 4 N–H and O–H groups in total. The van der Waals surface area contributed by atoms with Crippen molar-refractivity contribution in [1.82, 2.24) is 15.3 Å². The van der Waals surface area contributed by atoms with Crippen molar-refractivity contribution in [3.8, 4) is 11.1 Å². The molecule has 32 heavy (non-hydrogen) atoms. The molecule has 1 aliphatic heterocycles. The van der Waals surface area contributed by atoms with Gasteiger partial charge in [0.25, 0.3) is 5.91 Å². The number of nitrogens with two attached hydrogens (primary N) is 1. The van der Waals surface area contributed by atoms with Crippen molar-refractivity contribution in [3.05, 3.63) is 89.2 Å². The number of nitrogens with zero attached hydrogens (tertiary/aromatic N) is 3. The first-order chi connectivity index (χ1) is 15.7. The molecule has 7 nitrogen and oxygen atoms in total. The minimum Gasteiger partial charge on any atom is -0.386 e. The molecule has 2 aromatic carbocycles. The van der Waals surface area contributed by atoms with Crippen LogP contribution in [0.5, 0.6) is 0 Å². The van der Waals surface area contributed by atoms with E-state index in [9.17, 15) is 4.79 Å². The highest BCUT2D eigenvalue weighted by Crippen LogP contribution is 2.45. The first-order valence-electron chi connectivity index (χ1n) is 10.5. The molecule has 2 aliphatic rings. The predicted octanol–water partition coefficient (Wildman–Crippen LogP) is 3.22. The molecule has 3 heterocycles. The predicted molar refractivity (Wildman–Crippen MR) is 125 cm³/mol. The van der Waals surface area contributed by atoms with Crippen LogP contribution in [-0.2, 0) is 0 Å². The van der Waals surface area contributed by atoms with E-state index in [1.165, 1.54) is 0 Å². The van der Waals surface area contributed by atoms with E-state index in [1.807, 2.05) is 24.3 Å². The summed E-state index contributed by atoms with van der Waals surface area (Å²) in [6.07, 6.45) is 3.44. The molecule has 1 atom stereocenters. The number of benzene rings is 2. The molecule has 7 heteroatoms. The molecule has 0 saturated heterocycles. The SMILES string of the molecule is NC1=NCC(c2cccc3c2-c2ccccc2C3NC(=O)c2ccnc3[nH]ccc23)=NC1. The summed E-state index contributed by atoms with van der Waals surface area (Å²) in [5.41, 5.74) is 13.4. The van der Waals surface area contributed by atoms with Crippen LogP contribution in [0.4, 0.5) is 0 Å². The maximum Gasteiger partial charge on any atom is 0.252 e. The molecule has 1 unspecified atom stereocenters. The molecular formula is C25H20N6O. The third-order valence-corrected chi connectivity index (χ3v) is 6.10. The smallest absolute Gasteiger partial charge is 0.252 e. The van der Waals surface area contributed by atoms with Crippen molar-refractivity contribution in [1.29, 1.82) is 0 Å². The molecule has 0 fully saturated rings. The lowest BCUT2D eigenvalue weighted by molar-refractivity contribution is 0.0945. The Morgan fingerprint density at radius 2 is 1.81 bits per heavy atom. The van der Waals surface area contributed by atoms with E-state index >= 15 is 0 Å². The molecular weight excluding hydrogens is 400 g/mol. The van der Waals surface area contributed by atoms with Gasteiger partial charge in [0.1, 0.15) is 11.5 Å². The molecule has 0 bridgehead atoms. The number of aliphatic imine (C=N–C) groups is 2. The Morgan fingerprint density at radius 3 is 2.69 bits per heavy atom. The van der Waals surface area contributed by atoms with Crippen molar-refractivity contribution >= 4 is 28.5 Å². The molecule has 156 valence electrons. The average molecular weight is 420 g/mol. The van der Waals surface area contributed by atoms with Crippen LogP contribution in [-0.4, -0.2) is 40.5 Å². The van der Waals surface area contributed by atoms with Gasteiger partial charge in [-0.05, 0) is 34.4 Å². The highest BCUT2D eigenvalue weighted by molar-refractivity contribution is 6.12. The quantitative estimate of drug-likeness (QED) is 0.473. The second-order valence-corrected chi connectivity index (χ2v) is 7.93. The number of H-pyrrole nitrogens is 1. The topological polar surface area (TPSA) is 109 Å². The monoisotopic (exact) mass is 420 g/mol. The number of fused-ring (bicyclic) bond motifs is 4. The Balaban J connectivity index is 1.44. The number of aromatic nitrogens is 2. The number of amidine groups is 1. The number of nitrogens with one attached hydrogen (secondary N) is 2. The number of rotatable bonds is 3. The van der Waals surface area contributed by atoms with E-state index in [0.717, 1.165) is 38.9 Å². The highest BCUT2D eigenvalue weighted by atomic mass is 16.1. The van der Waals surface area contributed by atoms with Crippen molar-refractivity contribution < 1.29 is 4.79 Å². The average Bonchev–Trinajstić information content (AvgIpc) is 3.43. The summed E-state index contributed by atoms with van der Waals surface area (Å²) in [5, 5.41) is 4.06. The lowest BCUT2D eigenvalue weighted by Crippen LogP contribution is -2.28. The second kappa shape index (κ2) is 7.16. The number of carbonyl (C=O) groups is 1. The van der Waals surface area contributed by atoms with Crippen LogP contribution in [0.2, 0.25) is 0 Å². The van der Waals surface area contributed by atoms with Crippen LogP contribution in [0.15, 0.2) is 77.0 Å². The third kappa shape index (κ3) is 2.82. The Hall–Kier alpha value is -4.26. The summed E-state index contributed by atoms with van der Waals surface area (Å²) in [4.78, 5) is 29.7. The number of amides is 1. The Labute approximate surface area is 184 Å². The van der Waals surface area contributed by atoms with Gasteiger partial charge in [-0.3, -0.25) is 14.8 Å². The summed E-state index contributed by atoms with van der Waals surface area (Å²) >= 11 is 0. The summed E-state index contributed by atoms with van der Waals surface area (Å²) in [7, 11) is 0. The van der Waals surface area contributed by atoms with Crippen molar-refractivity contribution in [2.45, 2.75) is 6.04 Å². The molecule has 1 aliphatic carbocycles. The van der Waals surface area contributed by atoms with Crippen LogP contribution in [0, 0.1) is 0 Å². The van der Waals surface area contributed by atoms with E-state index in [1.54, 1.807) is 18.5 Å². The molecule has 0 saturated carbocycles. The van der Waals surface area contributed by atoms with E-state index in [4.69, 9.17) is 5.73 Å². The van der Waals surface area contributed by atoms with Crippen LogP contribution >= 0.6 is 0 Å². The summed E-state index contributed by atoms with van der Waals surface area (Å²) in [6.45, 7) is 0.874. The standard InChI is InChI=1S/C25H20N6O/c26-21-13-29-20(12-30-21)18-6-3-7-19-22(18)14-4-1-2-5-15(14)23(19)31-25(32)17-9-11-28-24-16(17)8-10-27-24/h1-11,23H,12-13H2,(H2,26,30)(H,27,28)(H,31,32).